The van der Waals surface area contributed by atoms with E-state index in [1.807, 2.05) is 31.1 Å². The van der Waals surface area contributed by atoms with E-state index < -0.39 is 0 Å². The number of aromatic nitrogens is 4. The molecule has 8 nitrogen and oxygen atoms in total. The number of hydrogen-bond donors (Lipinski definition) is 2. The van der Waals surface area contributed by atoms with E-state index in [1.54, 1.807) is 32.0 Å². The molecule has 3 rings (SSSR count). The number of aryl methyl sites for hydroxylation is 2. The van der Waals surface area contributed by atoms with Crippen LogP contribution < -0.4 is 15.8 Å². The van der Waals surface area contributed by atoms with Crippen molar-refractivity contribution in [1.29, 1.82) is 0 Å². The van der Waals surface area contributed by atoms with Crippen molar-refractivity contribution in [3.8, 4) is 5.95 Å². The first-order chi connectivity index (χ1) is 12.3. The number of hydrogen-bond acceptors (Lipinski definition) is 5. The first-order valence-corrected chi connectivity index (χ1v) is 8.07. The third-order valence-corrected chi connectivity index (χ3v) is 3.76. The Bertz CT molecular complexity index is 1020. The Balaban J connectivity index is 1.95. The van der Waals surface area contributed by atoms with E-state index in [-0.39, 0.29) is 17.4 Å². The van der Waals surface area contributed by atoms with Crippen molar-refractivity contribution in [3.05, 3.63) is 63.7 Å². The summed E-state index contributed by atoms with van der Waals surface area (Å²) in [4.78, 5) is 33.2. The zero-order valence-electron chi connectivity index (χ0n) is 15.1. The third-order valence-electron chi connectivity index (χ3n) is 3.76. The van der Waals surface area contributed by atoms with Crippen molar-refractivity contribution >= 4 is 17.4 Å². The average Bonchev–Trinajstić information content (AvgIpc) is 2.94. The molecule has 0 aliphatic carbocycles. The van der Waals surface area contributed by atoms with E-state index in [2.05, 4.69) is 20.4 Å². The zero-order chi connectivity index (χ0) is 18.8. The Morgan fingerprint density at radius 1 is 1.15 bits per heavy atom. The molecule has 1 amide bonds. The monoisotopic (exact) mass is 352 g/mol. The van der Waals surface area contributed by atoms with Crippen LogP contribution in [-0.4, -0.2) is 39.8 Å². The molecule has 0 bridgehead atoms. The molecule has 0 unspecified atom stereocenters. The summed E-state index contributed by atoms with van der Waals surface area (Å²) in [6, 6.07) is 10.4. The molecule has 8 heteroatoms. The molecule has 0 spiro atoms. The first kappa shape index (κ1) is 17.4. The summed E-state index contributed by atoms with van der Waals surface area (Å²) in [6.45, 7) is 3.52. The van der Waals surface area contributed by atoms with E-state index in [0.29, 0.717) is 22.8 Å². The first-order valence-electron chi connectivity index (χ1n) is 8.07. The number of aromatic amines is 1. The van der Waals surface area contributed by atoms with Crippen molar-refractivity contribution in [1.82, 2.24) is 19.7 Å². The number of nitrogens with one attached hydrogen (secondary N) is 2. The molecule has 0 saturated heterocycles. The van der Waals surface area contributed by atoms with Gasteiger partial charge in [-0.15, -0.1) is 0 Å². The van der Waals surface area contributed by atoms with Crippen molar-refractivity contribution in [2.45, 2.75) is 13.8 Å². The molecular weight excluding hydrogens is 332 g/mol. The van der Waals surface area contributed by atoms with Crippen molar-refractivity contribution in [3.63, 3.8) is 0 Å². The summed E-state index contributed by atoms with van der Waals surface area (Å²) in [6.07, 6.45) is 0. The van der Waals surface area contributed by atoms with Gasteiger partial charge in [0.05, 0.1) is 5.69 Å². The molecule has 2 heterocycles. The van der Waals surface area contributed by atoms with Crippen LogP contribution in [0.5, 0.6) is 0 Å². The molecule has 3 aromatic rings. The maximum absolute atomic E-state index is 12.7. The fourth-order valence-corrected chi connectivity index (χ4v) is 2.53. The summed E-state index contributed by atoms with van der Waals surface area (Å²) in [5, 5.41) is 7.15. The molecular formula is C18H20N6O2. The highest BCUT2D eigenvalue weighted by Gasteiger charge is 2.14. The van der Waals surface area contributed by atoms with Gasteiger partial charge in [-0.2, -0.15) is 9.78 Å². The molecule has 2 N–H and O–H groups in total. The second-order valence-electron chi connectivity index (χ2n) is 6.19. The van der Waals surface area contributed by atoms with Gasteiger partial charge in [0.2, 0.25) is 5.95 Å². The van der Waals surface area contributed by atoms with Crippen LogP contribution in [0.3, 0.4) is 0 Å². The van der Waals surface area contributed by atoms with Crippen LogP contribution in [0.15, 0.2) is 41.2 Å². The molecule has 0 atom stereocenters. The number of anilines is 2. The Labute approximate surface area is 150 Å². The Kier molecular flexibility index (Phi) is 4.57. The van der Waals surface area contributed by atoms with Gasteiger partial charge in [0.15, 0.2) is 0 Å². The van der Waals surface area contributed by atoms with Crippen LogP contribution in [0, 0.1) is 13.8 Å². The topological polar surface area (TPSA) is 95.9 Å². The van der Waals surface area contributed by atoms with Crippen LogP contribution in [-0.2, 0) is 0 Å². The maximum atomic E-state index is 12.7. The third kappa shape index (κ3) is 3.64. The van der Waals surface area contributed by atoms with Gasteiger partial charge in [0.1, 0.15) is 5.82 Å². The minimum Gasteiger partial charge on any atom is -0.378 e. The second kappa shape index (κ2) is 6.83. The van der Waals surface area contributed by atoms with E-state index >= 15 is 0 Å². The smallest absolute Gasteiger partial charge is 0.256 e. The summed E-state index contributed by atoms with van der Waals surface area (Å²) < 4.78 is 1.41. The predicted molar refractivity (Wildman–Crippen MR) is 100 cm³/mol. The lowest BCUT2D eigenvalue weighted by Gasteiger charge is -2.13. The number of H-pyrrole nitrogens is 1. The molecule has 0 aliphatic heterocycles. The number of amides is 1. The Morgan fingerprint density at radius 2 is 1.92 bits per heavy atom. The highest BCUT2D eigenvalue weighted by Crippen LogP contribution is 2.17. The van der Waals surface area contributed by atoms with Crippen molar-refractivity contribution in [2.75, 3.05) is 24.3 Å². The van der Waals surface area contributed by atoms with Gasteiger partial charge in [0.25, 0.3) is 11.5 Å². The van der Waals surface area contributed by atoms with E-state index in [1.165, 1.54) is 10.7 Å². The van der Waals surface area contributed by atoms with Gasteiger partial charge >= 0.3 is 0 Å². The molecule has 1 aromatic carbocycles. The lowest BCUT2D eigenvalue weighted by Crippen LogP contribution is -2.19. The zero-order valence-corrected chi connectivity index (χ0v) is 15.1. The lowest BCUT2D eigenvalue weighted by molar-refractivity contribution is 0.102. The molecule has 0 radical (unpaired) electrons. The molecule has 0 fully saturated rings. The minimum atomic E-state index is -0.281. The number of nitrogens with zero attached hydrogens (tertiary/aromatic N) is 4. The van der Waals surface area contributed by atoms with E-state index in [9.17, 15) is 9.59 Å². The molecule has 134 valence electrons. The second-order valence-corrected chi connectivity index (χ2v) is 6.19. The number of carbonyl (C=O) groups excluding carboxylic acids is 1. The molecule has 0 aliphatic rings. The molecule has 26 heavy (non-hydrogen) atoms. The summed E-state index contributed by atoms with van der Waals surface area (Å²) in [5.74, 6) is 0.404. The van der Waals surface area contributed by atoms with Crippen LogP contribution in [0.2, 0.25) is 0 Å². The van der Waals surface area contributed by atoms with Gasteiger partial charge in [-0.25, -0.2) is 4.98 Å². The lowest BCUT2D eigenvalue weighted by atomic mass is 10.2. The summed E-state index contributed by atoms with van der Waals surface area (Å²) in [5.41, 5.74) is 2.41. The normalized spacial score (nSPS) is 10.6. The molecule has 2 aromatic heterocycles. The Hall–Kier alpha value is -3.42. The Morgan fingerprint density at radius 3 is 2.62 bits per heavy atom. The highest BCUT2D eigenvalue weighted by atomic mass is 16.1. The number of carbonyl (C=O) groups is 1. The fourth-order valence-electron chi connectivity index (χ4n) is 2.53. The SMILES string of the molecule is Cc1cc(=O)[nH]c(-n2nc(C)cc2NC(=O)c2cccc(N(C)C)c2)n1. The van der Waals surface area contributed by atoms with Gasteiger partial charge in [0, 0.05) is 43.2 Å². The number of benzene rings is 1. The molecule has 0 saturated carbocycles. The maximum Gasteiger partial charge on any atom is 0.256 e. The van der Waals surface area contributed by atoms with Crippen LogP contribution in [0.25, 0.3) is 5.95 Å². The highest BCUT2D eigenvalue weighted by molar-refractivity contribution is 6.04. The van der Waals surface area contributed by atoms with Crippen LogP contribution in [0.4, 0.5) is 11.5 Å². The van der Waals surface area contributed by atoms with Gasteiger partial charge in [-0.05, 0) is 32.0 Å². The van der Waals surface area contributed by atoms with E-state index in [4.69, 9.17) is 0 Å². The quantitative estimate of drug-likeness (QED) is 0.747. The van der Waals surface area contributed by atoms with E-state index in [0.717, 1.165) is 5.69 Å². The van der Waals surface area contributed by atoms with Crippen LogP contribution >= 0.6 is 0 Å². The van der Waals surface area contributed by atoms with Gasteiger partial charge < -0.3 is 10.2 Å². The fraction of sp³-hybridized carbons (Fsp3) is 0.222. The minimum absolute atomic E-state index is 0.250. The summed E-state index contributed by atoms with van der Waals surface area (Å²) in [7, 11) is 3.82. The number of rotatable bonds is 4. The van der Waals surface area contributed by atoms with Crippen molar-refractivity contribution < 1.29 is 4.79 Å². The van der Waals surface area contributed by atoms with Gasteiger partial charge in [-0.3, -0.25) is 14.6 Å². The summed E-state index contributed by atoms with van der Waals surface area (Å²) >= 11 is 0. The standard InChI is InChI=1S/C18H20N6O2/c1-11-9-16(25)21-18(19-11)24-15(8-12(2)22-24)20-17(26)13-6-5-7-14(10-13)23(3)4/h5-10H,1-4H3,(H,20,26)(H,19,21,25). The van der Waals surface area contributed by atoms with Gasteiger partial charge in [-0.1, -0.05) is 6.07 Å². The van der Waals surface area contributed by atoms with Crippen molar-refractivity contribution in [2.24, 2.45) is 0 Å². The largest absolute Gasteiger partial charge is 0.378 e. The average molecular weight is 352 g/mol. The predicted octanol–water partition coefficient (Wildman–Crippen LogP) is 1.89. The van der Waals surface area contributed by atoms with Crippen LogP contribution in [0.1, 0.15) is 21.7 Å².